The number of hydrogen-bond acceptors (Lipinski definition) is 5. The lowest BCUT2D eigenvalue weighted by atomic mass is 10.1. The van der Waals surface area contributed by atoms with Crippen LogP contribution in [-0.4, -0.2) is 29.2 Å². The molecular formula is C15H14FN3O4. The Kier molecular flexibility index (Phi) is 4.07. The maximum Gasteiger partial charge on any atom is 0.254 e. The van der Waals surface area contributed by atoms with Crippen LogP contribution in [0.5, 0.6) is 0 Å². The van der Waals surface area contributed by atoms with Crippen molar-refractivity contribution < 1.29 is 23.2 Å². The standard InChI is InChI=1S/C15H14FN3O4/c16-9-3-1-2-8(6-9)12-7-13(19-23-12)18-15(21)11-5-4-10(22-11)14(17)20/h1-3,6-7,10-11H,4-5H2,(H2,17,20)(H,18,19,21)/t10-,11+/m0/s1. The first-order valence-corrected chi connectivity index (χ1v) is 7.01. The molecule has 1 aliphatic rings. The number of primary amides is 1. The number of carbonyl (C=O) groups is 2. The molecule has 23 heavy (non-hydrogen) atoms. The fourth-order valence-electron chi connectivity index (χ4n) is 2.36. The zero-order valence-electron chi connectivity index (χ0n) is 12.0. The smallest absolute Gasteiger partial charge is 0.254 e. The van der Waals surface area contributed by atoms with E-state index in [0.29, 0.717) is 24.2 Å². The van der Waals surface area contributed by atoms with Crippen LogP contribution in [0, 0.1) is 5.82 Å². The largest absolute Gasteiger partial charge is 0.367 e. The number of nitrogens with one attached hydrogen (secondary N) is 1. The number of ether oxygens (including phenoxy) is 1. The van der Waals surface area contributed by atoms with Gasteiger partial charge in [0.25, 0.3) is 5.91 Å². The first kappa shape index (κ1) is 15.2. The Morgan fingerprint density at radius 1 is 1.26 bits per heavy atom. The van der Waals surface area contributed by atoms with Gasteiger partial charge in [0.1, 0.15) is 18.0 Å². The van der Waals surface area contributed by atoms with Crippen LogP contribution in [0.15, 0.2) is 34.9 Å². The van der Waals surface area contributed by atoms with E-state index >= 15 is 0 Å². The van der Waals surface area contributed by atoms with Gasteiger partial charge < -0.3 is 20.3 Å². The summed E-state index contributed by atoms with van der Waals surface area (Å²) in [7, 11) is 0. The van der Waals surface area contributed by atoms with Gasteiger partial charge in [-0.05, 0) is 25.0 Å². The number of amides is 2. The molecule has 2 amide bonds. The number of nitrogens with zero attached hydrogens (tertiary/aromatic N) is 1. The summed E-state index contributed by atoms with van der Waals surface area (Å²) in [5.74, 6) is -0.924. The van der Waals surface area contributed by atoms with Crippen LogP contribution in [0.25, 0.3) is 11.3 Å². The molecule has 3 N–H and O–H groups in total. The van der Waals surface area contributed by atoms with Crippen molar-refractivity contribution in [3.63, 3.8) is 0 Å². The summed E-state index contributed by atoms with van der Waals surface area (Å²) in [6, 6.07) is 7.29. The highest BCUT2D eigenvalue weighted by Gasteiger charge is 2.34. The number of rotatable bonds is 4. The molecule has 3 rings (SSSR count). The van der Waals surface area contributed by atoms with Crippen molar-refractivity contribution in [3.8, 4) is 11.3 Å². The van der Waals surface area contributed by atoms with Gasteiger partial charge in [0.2, 0.25) is 5.91 Å². The fraction of sp³-hybridized carbons (Fsp3) is 0.267. The van der Waals surface area contributed by atoms with E-state index in [1.807, 2.05) is 0 Å². The summed E-state index contributed by atoms with van der Waals surface area (Å²) in [5.41, 5.74) is 5.64. The van der Waals surface area contributed by atoms with Gasteiger partial charge in [-0.25, -0.2) is 4.39 Å². The van der Waals surface area contributed by atoms with Crippen LogP contribution >= 0.6 is 0 Å². The molecule has 1 aliphatic heterocycles. The van der Waals surface area contributed by atoms with Crippen LogP contribution in [0.2, 0.25) is 0 Å². The van der Waals surface area contributed by atoms with Gasteiger partial charge in [0.15, 0.2) is 11.6 Å². The molecule has 1 aromatic carbocycles. The molecule has 1 saturated heterocycles. The minimum absolute atomic E-state index is 0.181. The second kappa shape index (κ2) is 6.17. The molecule has 0 spiro atoms. The summed E-state index contributed by atoms with van der Waals surface area (Å²) >= 11 is 0. The van der Waals surface area contributed by atoms with Crippen LogP contribution in [0.4, 0.5) is 10.2 Å². The third-order valence-electron chi connectivity index (χ3n) is 3.50. The molecule has 1 aromatic heterocycles. The molecule has 2 heterocycles. The van der Waals surface area contributed by atoms with Gasteiger partial charge in [-0.3, -0.25) is 9.59 Å². The minimum Gasteiger partial charge on any atom is -0.367 e. The first-order valence-electron chi connectivity index (χ1n) is 7.01. The normalized spacial score (nSPS) is 20.4. The molecule has 120 valence electrons. The highest BCUT2D eigenvalue weighted by molar-refractivity contribution is 5.94. The molecule has 8 heteroatoms. The van der Waals surface area contributed by atoms with E-state index in [0.717, 1.165) is 0 Å². The number of halogens is 1. The summed E-state index contributed by atoms with van der Waals surface area (Å²) < 4.78 is 23.5. The lowest BCUT2D eigenvalue weighted by molar-refractivity contribution is -0.134. The summed E-state index contributed by atoms with van der Waals surface area (Å²) in [4.78, 5) is 23.1. The van der Waals surface area contributed by atoms with Crippen molar-refractivity contribution in [1.82, 2.24) is 5.16 Å². The molecule has 7 nitrogen and oxygen atoms in total. The van der Waals surface area contributed by atoms with Gasteiger partial charge in [-0.2, -0.15) is 0 Å². The molecular weight excluding hydrogens is 305 g/mol. The molecule has 0 unspecified atom stereocenters. The molecule has 0 aliphatic carbocycles. The third kappa shape index (κ3) is 3.37. The maximum atomic E-state index is 13.2. The van der Waals surface area contributed by atoms with E-state index in [1.165, 1.54) is 18.2 Å². The zero-order chi connectivity index (χ0) is 16.4. The molecule has 2 atom stereocenters. The summed E-state index contributed by atoms with van der Waals surface area (Å²) in [6.45, 7) is 0. The molecule has 0 bridgehead atoms. The Balaban J connectivity index is 1.65. The van der Waals surface area contributed by atoms with Gasteiger partial charge in [-0.15, -0.1) is 0 Å². The Bertz CT molecular complexity index is 746. The number of benzene rings is 1. The Hall–Kier alpha value is -2.74. The van der Waals surface area contributed by atoms with Gasteiger partial charge in [0.05, 0.1) is 0 Å². The molecule has 2 aromatic rings. The van der Waals surface area contributed by atoms with E-state index < -0.39 is 29.8 Å². The van der Waals surface area contributed by atoms with Gasteiger partial charge in [-0.1, -0.05) is 17.3 Å². The van der Waals surface area contributed by atoms with Crippen LogP contribution in [-0.2, 0) is 14.3 Å². The number of anilines is 1. The van der Waals surface area contributed by atoms with E-state index in [9.17, 15) is 14.0 Å². The second-order valence-corrected chi connectivity index (χ2v) is 5.17. The average molecular weight is 319 g/mol. The number of carbonyl (C=O) groups excluding carboxylic acids is 2. The first-order chi connectivity index (χ1) is 11.0. The topological polar surface area (TPSA) is 107 Å². The van der Waals surface area contributed by atoms with E-state index in [2.05, 4.69) is 10.5 Å². The number of hydrogen-bond donors (Lipinski definition) is 2. The quantitative estimate of drug-likeness (QED) is 0.887. The van der Waals surface area contributed by atoms with Crippen molar-refractivity contribution in [3.05, 3.63) is 36.1 Å². The maximum absolute atomic E-state index is 13.2. The molecule has 1 fully saturated rings. The lowest BCUT2D eigenvalue weighted by Crippen LogP contribution is -2.32. The fourth-order valence-corrected chi connectivity index (χ4v) is 2.36. The molecule has 0 saturated carbocycles. The van der Waals surface area contributed by atoms with Crippen LogP contribution in [0.1, 0.15) is 12.8 Å². The number of nitrogens with two attached hydrogens (primary N) is 1. The second-order valence-electron chi connectivity index (χ2n) is 5.17. The van der Waals surface area contributed by atoms with Gasteiger partial charge in [0, 0.05) is 11.6 Å². The van der Waals surface area contributed by atoms with E-state index in [4.69, 9.17) is 15.0 Å². The predicted molar refractivity (Wildman–Crippen MR) is 77.6 cm³/mol. The SMILES string of the molecule is NC(=O)[C@@H]1CC[C@H](C(=O)Nc2cc(-c3cccc(F)c3)on2)O1. The van der Waals surface area contributed by atoms with E-state index in [1.54, 1.807) is 12.1 Å². The summed E-state index contributed by atoms with van der Waals surface area (Å²) in [5, 5.41) is 6.24. The van der Waals surface area contributed by atoms with Crippen molar-refractivity contribution in [2.75, 3.05) is 5.32 Å². The number of aromatic nitrogens is 1. The summed E-state index contributed by atoms with van der Waals surface area (Å²) in [6.07, 6.45) is -0.706. The Morgan fingerprint density at radius 3 is 2.74 bits per heavy atom. The Labute approximate surface area is 130 Å². The van der Waals surface area contributed by atoms with Crippen molar-refractivity contribution in [1.29, 1.82) is 0 Å². The van der Waals surface area contributed by atoms with Crippen LogP contribution in [0.3, 0.4) is 0 Å². The molecule has 0 radical (unpaired) electrons. The zero-order valence-corrected chi connectivity index (χ0v) is 12.0. The minimum atomic E-state index is -0.762. The third-order valence-corrected chi connectivity index (χ3v) is 3.50. The highest BCUT2D eigenvalue weighted by Crippen LogP contribution is 2.24. The predicted octanol–water partition coefficient (Wildman–Crippen LogP) is 1.45. The average Bonchev–Trinajstić information content (AvgIpc) is 3.16. The van der Waals surface area contributed by atoms with E-state index in [-0.39, 0.29) is 5.82 Å². The van der Waals surface area contributed by atoms with Gasteiger partial charge >= 0.3 is 0 Å². The van der Waals surface area contributed by atoms with Crippen molar-refractivity contribution in [2.24, 2.45) is 5.73 Å². The van der Waals surface area contributed by atoms with Crippen molar-refractivity contribution >= 4 is 17.6 Å². The Morgan fingerprint density at radius 2 is 2.04 bits per heavy atom. The van der Waals surface area contributed by atoms with Crippen LogP contribution < -0.4 is 11.1 Å². The monoisotopic (exact) mass is 319 g/mol. The lowest BCUT2D eigenvalue weighted by Gasteiger charge is -2.10. The highest BCUT2D eigenvalue weighted by atomic mass is 19.1. The van der Waals surface area contributed by atoms with Crippen molar-refractivity contribution in [2.45, 2.75) is 25.0 Å².